The molecular formula is C14H13N3O2. The summed E-state index contributed by atoms with van der Waals surface area (Å²) in [5, 5.41) is 10.3. The summed E-state index contributed by atoms with van der Waals surface area (Å²) in [5.41, 5.74) is 2.66. The SMILES string of the molecule is Cn1cnc(C(=O)O)c1-c1cn(C)c2ccccc12. The predicted octanol–water partition coefficient (Wildman–Crippen LogP) is 2.28. The summed E-state index contributed by atoms with van der Waals surface area (Å²) < 4.78 is 3.73. The van der Waals surface area contributed by atoms with Gasteiger partial charge in [0.2, 0.25) is 0 Å². The van der Waals surface area contributed by atoms with Gasteiger partial charge >= 0.3 is 5.97 Å². The molecule has 0 spiro atoms. The van der Waals surface area contributed by atoms with Crippen molar-refractivity contribution in [3.8, 4) is 11.3 Å². The summed E-state index contributed by atoms with van der Waals surface area (Å²) in [7, 11) is 3.75. The Morgan fingerprint density at radius 1 is 1.21 bits per heavy atom. The van der Waals surface area contributed by atoms with E-state index in [9.17, 15) is 9.90 Å². The zero-order chi connectivity index (χ0) is 13.6. The quantitative estimate of drug-likeness (QED) is 0.764. The Hall–Kier alpha value is -2.56. The first-order valence-electron chi connectivity index (χ1n) is 5.88. The van der Waals surface area contributed by atoms with Gasteiger partial charge in [-0.15, -0.1) is 0 Å². The highest BCUT2D eigenvalue weighted by Gasteiger charge is 2.20. The van der Waals surface area contributed by atoms with Crippen molar-refractivity contribution >= 4 is 16.9 Å². The number of hydrogen-bond donors (Lipinski definition) is 1. The standard InChI is InChI=1S/C14H13N3O2/c1-16-7-10(9-5-3-4-6-11(9)16)13-12(14(18)19)15-8-17(13)2/h3-8H,1-2H3,(H,18,19). The molecule has 0 radical (unpaired) electrons. The monoisotopic (exact) mass is 255 g/mol. The number of aryl methyl sites for hydroxylation is 2. The Kier molecular flexibility index (Phi) is 2.41. The molecule has 1 N–H and O–H groups in total. The zero-order valence-electron chi connectivity index (χ0n) is 10.7. The number of nitrogens with zero attached hydrogens (tertiary/aromatic N) is 3. The fraction of sp³-hybridized carbons (Fsp3) is 0.143. The molecule has 0 saturated heterocycles. The lowest BCUT2D eigenvalue weighted by Crippen LogP contribution is -2.01. The molecule has 2 heterocycles. The van der Waals surface area contributed by atoms with Crippen LogP contribution >= 0.6 is 0 Å². The lowest BCUT2D eigenvalue weighted by molar-refractivity contribution is 0.0692. The van der Waals surface area contributed by atoms with E-state index in [1.54, 1.807) is 11.6 Å². The molecule has 5 heteroatoms. The summed E-state index contributed by atoms with van der Waals surface area (Å²) in [6.45, 7) is 0. The minimum Gasteiger partial charge on any atom is -0.476 e. The molecule has 96 valence electrons. The first kappa shape index (κ1) is 11.5. The number of carboxylic acids is 1. The minimum absolute atomic E-state index is 0.0823. The van der Waals surface area contributed by atoms with Crippen molar-refractivity contribution in [1.29, 1.82) is 0 Å². The molecule has 0 aliphatic rings. The number of benzene rings is 1. The van der Waals surface area contributed by atoms with Gasteiger partial charge in [0.05, 0.1) is 12.0 Å². The molecule has 3 rings (SSSR count). The van der Waals surface area contributed by atoms with Gasteiger partial charge in [-0.05, 0) is 6.07 Å². The van der Waals surface area contributed by atoms with E-state index in [-0.39, 0.29) is 5.69 Å². The number of fused-ring (bicyclic) bond motifs is 1. The molecule has 19 heavy (non-hydrogen) atoms. The molecule has 0 atom stereocenters. The van der Waals surface area contributed by atoms with Crippen LogP contribution in [0.15, 0.2) is 36.8 Å². The second-order valence-electron chi connectivity index (χ2n) is 4.53. The van der Waals surface area contributed by atoms with Crippen molar-refractivity contribution in [2.24, 2.45) is 14.1 Å². The van der Waals surface area contributed by atoms with E-state index in [2.05, 4.69) is 4.98 Å². The van der Waals surface area contributed by atoms with Gasteiger partial charge in [-0.25, -0.2) is 9.78 Å². The number of carboxylic acid groups (broad SMARTS) is 1. The Morgan fingerprint density at radius 3 is 2.68 bits per heavy atom. The van der Waals surface area contributed by atoms with Crippen molar-refractivity contribution in [2.75, 3.05) is 0 Å². The van der Waals surface area contributed by atoms with E-state index < -0.39 is 5.97 Å². The largest absolute Gasteiger partial charge is 0.476 e. The molecular weight excluding hydrogens is 242 g/mol. The normalized spacial score (nSPS) is 11.1. The number of carbonyl (C=O) groups is 1. The highest BCUT2D eigenvalue weighted by molar-refractivity contribution is 6.01. The van der Waals surface area contributed by atoms with Crippen LogP contribution in [0.4, 0.5) is 0 Å². The number of hydrogen-bond acceptors (Lipinski definition) is 2. The van der Waals surface area contributed by atoms with E-state index in [4.69, 9.17) is 0 Å². The first-order valence-corrected chi connectivity index (χ1v) is 5.88. The number of imidazole rings is 1. The second kappa shape index (κ2) is 3.98. The van der Waals surface area contributed by atoms with Crippen LogP contribution in [0.5, 0.6) is 0 Å². The van der Waals surface area contributed by atoms with E-state index in [0.717, 1.165) is 16.5 Å². The predicted molar refractivity (Wildman–Crippen MR) is 72.1 cm³/mol. The van der Waals surface area contributed by atoms with Gasteiger partial charge in [0.25, 0.3) is 0 Å². The lowest BCUT2D eigenvalue weighted by atomic mass is 10.1. The maximum atomic E-state index is 11.3. The third-order valence-corrected chi connectivity index (χ3v) is 3.29. The van der Waals surface area contributed by atoms with Crippen LogP contribution in [0.25, 0.3) is 22.2 Å². The van der Waals surface area contributed by atoms with Crippen LogP contribution in [0.3, 0.4) is 0 Å². The Morgan fingerprint density at radius 2 is 1.95 bits per heavy atom. The Balaban J connectivity index is 2.37. The second-order valence-corrected chi connectivity index (χ2v) is 4.53. The molecule has 0 bridgehead atoms. The summed E-state index contributed by atoms with van der Waals surface area (Å²) in [6.07, 6.45) is 3.47. The highest BCUT2D eigenvalue weighted by atomic mass is 16.4. The van der Waals surface area contributed by atoms with Crippen LogP contribution in [0.2, 0.25) is 0 Å². The minimum atomic E-state index is -1.01. The molecule has 1 aromatic carbocycles. The third kappa shape index (κ3) is 1.62. The van der Waals surface area contributed by atoms with Crippen molar-refractivity contribution in [3.05, 3.63) is 42.5 Å². The molecule has 3 aromatic rings. The van der Waals surface area contributed by atoms with E-state index in [1.807, 2.05) is 42.1 Å². The molecule has 0 unspecified atom stereocenters. The Bertz CT molecular complexity index is 783. The zero-order valence-corrected chi connectivity index (χ0v) is 10.7. The van der Waals surface area contributed by atoms with Gasteiger partial charge in [-0.2, -0.15) is 0 Å². The number of rotatable bonds is 2. The molecule has 0 aliphatic heterocycles. The summed E-state index contributed by atoms with van der Waals surface area (Å²) in [5.74, 6) is -1.01. The van der Waals surface area contributed by atoms with Gasteiger partial charge in [-0.3, -0.25) is 0 Å². The molecule has 0 aliphatic carbocycles. The molecule has 0 fully saturated rings. The smallest absolute Gasteiger partial charge is 0.356 e. The van der Waals surface area contributed by atoms with E-state index in [0.29, 0.717) is 5.69 Å². The molecule has 0 amide bonds. The third-order valence-electron chi connectivity index (χ3n) is 3.29. The van der Waals surface area contributed by atoms with Crippen molar-refractivity contribution in [1.82, 2.24) is 14.1 Å². The average Bonchev–Trinajstić information content (AvgIpc) is 2.91. The van der Waals surface area contributed by atoms with Crippen molar-refractivity contribution < 1.29 is 9.90 Å². The first-order chi connectivity index (χ1) is 9.09. The van der Waals surface area contributed by atoms with Crippen LogP contribution in [-0.2, 0) is 14.1 Å². The summed E-state index contributed by atoms with van der Waals surface area (Å²) in [4.78, 5) is 15.2. The van der Waals surface area contributed by atoms with Gasteiger partial charge in [0.1, 0.15) is 0 Å². The fourth-order valence-corrected chi connectivity index (χ4v) is 2.43. The summed E-state index contributed by atoms with van der Waals surface area (Å²) >= 11 is 0. The van der Waals surface area contributed by atoms with E-state index >= 15 is 0 Å². The summed E-state index contributed by atoms with van der Waals surface area (Å²) in [6, 6.07) is 7.91. The topological polar surface area (TPSA) is 60.1 Å². The molecule has 2 aromatic heterocycles. The lowest BCUT2D eigenvalue weighted by Gasteiger charge is -2.02. The number of aromatic carboxylic acids is 1. The number of aromatic nitrogens is 3. The fourth-order valence-electron chi connectivity index (χ4n) is 2.43. The van der Waals surface area contributed by atoms with Gasteiger partial charge in [-0.1, -0.05) is 18.2 Å². The van der Waals surface area contributed by atoms with Crippen molar-refractivity contribution in [3.63, 3.8) is 0 Å². The highest BCUT2D eigenvalue weighted by Crippen LogP contribution is 2.31. The molecule has 5 nitrogen and oxygen atoms in total. The van der Waals surface area contributed by atoms with Gasteiger partial charge < -0.3 is 14.2 Å². The van der Waals surface area contributed by atoms with E-state index in [1.165, 1.54) is 6.33 Å². The number of para-hydroxylation sites is 1. The van der Waals surface area contributed by atoms with Gasteiger partial charge in [0.15, 0.2) is 5.69 Å². The maximum Gasteiger partial charge on any atom is 0.356 e. The van der Waals surface area contributed by atoms with Crippen molar-refractivity contribution in [2.45, 2.75) is 0 Å². The maximum absolute atomic E-state index is 11.3. The average molecular weight is 255 g/mol. The molecule has 0 saturated carbocycles. The van der Waals surface area contributed by atoms with Gasteiger partial charge in [0, 0.05) is 36.8 Å². The van der Waals surface area contributed by atoms with Crippen LogP contribution in [0, 0.1) is 0 Å². The van der Waals surface area contributed by atoms with Crippen LogP contribution < -0.4 is 0 Å². The van der Waals surface area contributed by atoms with Crippen LogP contribution in [-0.4, -0.2) is 25.2 Å². The van der Waals surface area contributed by atoms with Crippen LogP contribution in [0.1, 0.15) is 10.5 Å². The Labute approximate surface area is 109 Å².